The molecule has 0 aromatic heterocycles. The van der Waals surface area contributed by atoms with Crippen LogP contribution in [0.5, 0.6) is 0 Å². The highest BCUT2D eigenvalue weighted by Gasteiger charge is 2.51. The Morgan fingerprint density at radius 3 is 2.23 bits per heavy atom. The van der Waals surface area contributed by atoms with Crippen LogP contribution in [0.3, 0.4) is 0 Å². The minimum atomic E-state index is -1.53. The maximum absolute atomic E-state index is 13.1. The summed E-state index contributed by atoms with van der Waals surface area (Å²) in [5, 5.41) is 42.9. The van der Waals surface area contributed by atoms with Crippen LogP contribution in [0.4, 0.5) is 0 Å². The number of carbonyl (C=O) groups excluding carboxylic acids is 3. The smallest absolute Gasteiger partial charge is 0.226 e. The fourth-order valence-corrected chi connectivity index (χ4v) is 5.53. The molecule has 30 heavy (non-hydrogen) atoms. The molecule has 0 radical (unpaired) electrons. The molecule has 170 valence electrons. The average Bonchev–Trinajstić information content (AvgIpc) is 2.67. The maximum Gasteiger partial charge on any atom is 0.226 e. The summed E-state index contributed by atoms with van der Waals surface area (Å²) in [5.74, 6) is -1.94. The molecule has 9 heteroatoms. The minimum absolute atomic E-state index is 0.0432. The van der Waals surface area contributed by atoms with Gasteiger partial charge in [-0.25, -0.2) is 0 Å². The van der Waals surface area contributed by atoms with Gasteiger partial charge >= 0.3 is 0 Å². The first-order chi connectivity index (χ1) is 14.1. The van der Waals surface area contributed by atoms with Gasteiger partial charge in [-0.05, 0) is 37.0 Å². The molecule has 0 aromatic carbocycles. The largest absolute Gasteiger partial charge is 0.394 e. The predicted molar refractivity (Wildman–Crippen MR) is 104 cm³/mol. The molecule has 9 nitrogen and oxygen atoms in total. The van der Waals surface area contributed by atoms with Crippen LogP contribution in [0.25, 0.3) is 0 Å². The molecule has 5 N–H and O–H groups in total. The van der Waals surface area contributed by atoms with Crippen molar-refractivity contribution in [3.63, 3.8) is 0 Å². The Labute approximate surface area is 175 Å². The molecule has 0 spiro atoms. The first kappa shape index (κ1) is 23.3. The Balaban J connectivity index is 1.91. The minimum Gasteiger partial charge on any atom is -0.394 e. The van der Waals surface area contributed by atoms with Crippen molar-refractivity contribution >= 4 is 17.6 Å². The van der Waals surface area contributed by atoms with Gasteiger partial charge in [0.25, 0.3) is 0 Å². The highest BCUT2D eigenvalue weighted by atomic mass is 16.5. The molecule has 1 aliphatic carbocycles. The van der Waals surface area contributed by atoms with Crippen LogP contribution in [-0.4, -0.2) is 75.2 Å². The van der Waals surface area contributed by atoms with Gasteiger partial charge < -0.3 is 25.2 Å². The van der Waals surface area contributed by atoms with Gasteiger partial charge in [-0.2, -0.15) is 0 Å². The summed E-state index contributed by atoms with van der Waals surface area (Å²) in [6, 6.07) is 0. The van der Waals surface area contributed by atoms with Crippen molar-refractivity contribution in [2.24, 2.45) is 29.6 Å². The lowest BCUT2D eigenvalue weighted by Gasteiger charge is -2.47. The molecule has 2 amide bonds. The van der Waals surface area contributed by atoms with E-state index in [2.05, 4.69) is 12.2 Å². The first-order valence-corrected chi connectivity index (χ1v) is 10.8. The monoisotopic (exact) mass is 427 g/mol. The van der Waals surface area contributed by atoms with Gasteiger partial charge in [-0.1, -0.05) is 13.8 Å². The Morgan fingerprint density at radius 1 is 1.00 bits per heavy atom. The van der Waals surface area contributed by atoms with Crippen molar-refractivity contribution in [3.8, 4) is 0 Å². The van der Waals surface area contributed by atoms with Gasteiger partial charge in [0.1, 0.15) is 30.2 Å². The lowest BCUT2D eigenvalue weighted by molar-refractivity contribution is -0.247. The number of rotatable bonds is 5. The van der Waals surface area contributed by atoms with Crippen LogP contribution in [0, 0.1) is 29.6 Å². The standard InChI is InChI=1S/C21H33NO8/c1-9-3-10(2)17(26)12(4-9)13(5-11-6-15(24)22-16(25)7-11)21-20(29)19(28)18(27)14(8-23)30-21/h9-14,18-21,23,27-29H,3-8H2,1-2H3,(H,22,24,25)/t9?,10?,12?,13?,14-,18+,19+,20-,21+/m1/s1. The number of imide groups is 1. The number of hydrogen-bond acceptors (Lipinski definition) is 8. The molecule has 3 aliphatic rings. The zero-order chi connectivity index (χ0) is 22.2. The number of hydrogen-bond donors (Lipinski definition) is 5. The predicted octanol–water partition coefficient (Wildman–Crippen LogP) is -0.861. The second-order valence-electron chi connectivity index (χ2n) is 9.43. The third-order valence-electron chi connectivity index (χ3n) is 6.96. The number of aliphatic hydroxyl groups excluding tert-OH is 4. The number of aliphatic hydroxyl groups is 4. The van der Waals surface area contributed by atoms with E-state index in [4.69, 9.17) is 4.74 Å². The van der Waals surface area contributed by atoms with Gasteiger partial charge in [0, 0.05) is 24.7 Å². The maximum atomic E-state index is 13.1. The molecule has 9 atom stereocenters. The van der Waals surface area contributed by atoms with E-state index in [1.807, 2.05) is 6.92 Å². The van der Waals surface area contributed by atoms with E-state index in [1.54, 1.807) is 0 Å². The van der Waals surface area contributed by atoms with Crippen molar-refractivity contribution in [1.82, 2.24) is 5.32 Å². The van der Waals surface area contributed by atoms with Crippen molar-refractivity contribution in [3.05, 3.63) is 0 Å². The summed E-state index contributed by atoms with van der Waals surface area (Å²) in [7, 11) is 0. The summed E-state index contributed by atoms with van der Waals surface area (Å²) < 4.78 is 5.81. The molecule has 3 rings (SSSR count). The van der Waals surface area contributed by atoms with Crippen LogP contribution in [-0.2, 0) is 19.1 Å². The van der Waals surface area contributed by atoms with E-state index in [9.17, 15) is 34.8 Å². The molecule has 0 aromatic rings. The van der Waals surface area contributed by atoms with E-state index in [-0.39, 0.29) is 54.6 Å². The van der Waals surface area contributed by atoms with E-state index in [1.165, 1.54) is 0 Å². The van der Waals surface area contributed by atoms with E-state index in [0.717, 1.165) is 6.42 Å². The summed E-state index contributed by atoms with van der Waals surface area (Å²) in [5.41, 5.74) is 0. The zero-order valence-corrected chi connectivity index (χ0v) is 17.4. The number of ether oxygens (including phenoxy) is 1. The Morgan fingerprint density at radius 2 is 1.63 bits per heavy atom. The van der Waals surface area contributed by atoms with E-state index < -0.39 is 49.0 Å². The van der Waals surface area contributed by atoms with Gasteiger partial charge in [-0.15, -0.1) is 0 Å². The van der Waals surface area contributed by atoms with E-state index >= 15 is 0 Å². The summed E-state index contributed by atoms with van der Waals surface area (Å²) in [6.07, 6.45) is -4.66. The normalized spacial score (nSPS) is 42.1. The van der Waals surface area contributed by atoms with Gasteiger partial charge in [0.05, 0.1) is 12.7 Å². The summed E-state index contributed by atoms with van der Waals surface area (Å²) in [6.45, 7) is 3.37. The lowest BCUT2D eigenvalue weighted by atomic mass is 9.65. The van der Waals surface area contributed by atoms with E-state index in [0.29, 0.717) is 6.42 Å². The molecule has 4 unspecified atom stereocenters. The summed E-state index contributed by atoms with van der Waals surface area (Å²) >= 11 is 0. The van der Waals surface area contributed by atoms with Crippen LogP contribution in [0.1, 0.15) is 46.0 Å². The number of amides is 2. The fourth-order valence-electron chi connectivity index (χ4n) is 5.53. The van der Waals surface area contributed by atoms with Crippen LogP contribution in [0.15, 0.2) is 0 Å². The van der Waals surface area contributed by atoms with Crippen molar-refractivity contribution < 1.29 is 39.5 Å². The molecule has 2 aliphatic heterocycles. The zero-order valence-electron chi connectivity index (χ0n) is 17.4. The van der Waals surface area contributed by atoms with Crippen molar-refractivity contribution in [2.75, 3.05) is 6.61 Å². The van der Waals surface area contributed by atoms with Crippen LogP contribution < -0.4 is 5.32 Å². The van der Waals surface area contributed by atoms with Gasteiger partial charge in [0.15, 0.2) is 0 Å². The average molecular weight is 427 g/mol. The third-order valence-corrected chi connectivity index (χ3v) is 6.96. The number of piperidine rings is 1. The van der Waals surface area contributed by atoms with Gasteiger partial charge in [-0.3, -0.25) is 19.7 Å². The number of ketones is 1. The second-order valence-corrected chi connectivity index (χ2v) is 9.43. The third kappa shape index (κ3) is 4.75. The van der Waals surface area contributed by atoms with Crippen molar-refractivity contribution in [1.29, 1.82) is 0 Å². The molecule has 3 fully saturated rings. The highest BCUT2D eigenvalue weighted by molar-refractivity contribution is 5.97. The second kappa shape index (κ2) is 9.40. The number of Topliss-reactive ketones (excluding diaryl/α,β-unsaturated/α-hetero) is 1. The van der Waals surface area contributed by atoms with Crippen molar-refractivity contribution in [2.45, 2.75) is 76.5 Å². The van der Waals surface area contributed by atoms with Crippen LogP contribution >= 0.6 is 0 Å². The fraction of sp³-hybridized carbons (Fsp3) is 0.857. The lowest BCUT2D eigenvalue weighted by Crippen LogP contribution is -2.62. The molecule has 1 saturated carbocycles. The van der Waals surface area contributed by atoms with Gasteiger partial charge in [0.2, 0.25) is 11.8 Å². The molecular weight excluding hydrogens is 394 g/mol. The highest BCUT2D eigenvalue weighted by Crippen LogP contribution is 2.42. The molecular formula is C21H33NO8. The Hall–Kier alpha value is -1.39. The Bertz CT molecular complexity index is 651. The summed E-state index contributed by atoms with van der Waals surface area (Å²) in [4.78, 5) is 36.8. The topological polar surface area (TPSA) is 153 Å². The quantitative estimate of drug-likeness (QED) is 0.355. The van der Waals surface area contributed by atoms with Crippen LogP contribution in [0.2, 0.25) is 0 Å². The Kier molecular flexibility index (Phi) is 7.29. The molecule has 2 heterocycles. The SMILES string of the molecule is CC1CC(C)C(=O)C(C(CC2CC(=O)NC(=O)C2)[C@@H]2O[C@H](CO)[C@H](O)[C@H](O)[C@H]2O)C1. The number of carbonyl (C=O) groups is 3. The first-order valence-electron chi connectivity index (χ1n) is 10.8. The molecule has 2 saturated heterocycles. The molecule has 0 bridgehead atoms. The number of nitrogens with one attached hydrogen (secondary N) is 1.